The average molecular weight is 329 g/mol. The maximum absolute atomic E-state index is 12.3. The van der Waals surface area contributed by atoms with Crippen LogP contribution in [0.15, 0.2) is 24.3 Å². The number of benzene rings is 1. The summed E-state index contributed by atoms with van der Waals surface area (Å²) < 4.78 is 0. The normalized spacial score (nSPS) is 26.6. The lowest BCUT2D eigenvalue weighted by molar-refractivity contribution is -0.129. The van der Waals surface area contributed by atoms with Gasteiger partial charge in [0.25, 0.3) is 0 Å². The second kappa shape index (κ2) is 7.34. The molecule has 130 valence electrons. The third-order valence-electron chi connectivity index (χ3n) is 5.08. The molecular weight excluding hydrogens is 302 g/mol. The number of hydrogen-bond donors (Lipinski definition) is 3. The molecule has 5 heteroatoms. The first kappa shape index (κ1) is 17.0. The van der Waals surface area contributed by atoms with Gasteiger partial charge in [-0.05, 0) is 36.5 Å². The number of nitrogens with one attached hydrogen (secondary N) is 3. The van der Waals surface area contributed by atoms with Gasteiger partial charge in [0, 0.05) is 17.8 Å². The average Bonchev–Trinajstić information content (AvgIpc) is 2.56. The molecule has 3 rings (SSSR count). The molecule has 0 unspecified atom stereocenters. The van der Waals surface area contributed by atoms with Crippen LogP contribution in [0.4, 0.5) is 5.69 Å². The van der Waals surface area contributed by atoms with Crippen LogP contribution in [0, 0.1) is 0 Å². The first-order chi connectivity index (χ1) is 11.5. The highest BCUT2D eigenvalue weighted by atomic mass is 16.2. The van der Waals surface area contributed by atoms with Crippen molar-refractivity contribution in [1.29, 1.82) is 0 Å². The second-order valence-corrected chi connectivity index (χ2v) is 7.25. The summed E-state index contributed by atoms with van der Waals surface area (Å²) >= 11 is 0. The molecule has 2 aliphatic rings. The van der Waals surface area contributed by atoms with Crippen LogP contribution >= 0.6 is 0 Å². The fourth-order valence-electron chi connectivity index (χ4n) is 3.62. The highest BCUT2D eigenvalue weighted by Crippen LogP contribution is 2.22. The SMILES string of the molecule is CC(C)c1ccc(NC(=O)C[C@@H]2N[C@H]3CCCC[C@@H]3NC2=O)cc1. The molecule has 0 aromatic heterocycles. The Morgan fingerprint density at radius 2 is 1.83 bits per heavy atom. The predicted octanol–water partition coefficient (Wildman–Crippen LogP) is 2.54. The summed E-state index contributed by atoms with van der Waals surface area (Å²) in [5, 5.41) is 9.34. The summed E-state index contributed by atoms with van der Waals surface area (Å²) in [7, 11) is 0. The Hall–Kier alpha value is -1.88. The predicted molar refractivity (Wildman–Crippen MR) is 94.9 cm³/mol. The Morgan fingerprint density at radius 1 is 1.17 bits per heavy atom. The van der Waals surface area contributed by atoms with Crippen LogP contribution in [0.1, 0.15) is 57.4 Å². The van der Waals surface area contributed by atoms with Gasteiger partial charge in [-0.25, -0.2) is 0 Å². The largest absolute Gasteiger partial charge is 0.350 e. The Bertz CT molecular complexity index is 597. The molecule has 3 atom stereocenters. The van der Waals surface area contributed by atoms with E-state index in [1.807, 2.05) is 24.3 Å². The van der Waals surface area contributed by atoms with Crippen LogP contribution in [-0.4, -0.2) is 29.9 Å². The van der Waals surface area contributed by atoms with Crippen LogP contribution in [0.3, 0.4) is 0 Å². The molecular formula is C19H27N3O2. The van der Waals surface area contributed by atoms with Gasteiger partial charge in [-0.3, -0.25) is 9.59 Å². The van der Waals surface area contributed by atoms with E-state index in [-0.39, 0.29) is 24.3 Å². The first-order valence-electron chi connectivity index (χ1n) is 8.99. The van der Waals surface area contributed by atoms with E-state index in [9.17, 15) is 9.59 Å². The van der Waals surface area contributed by atoms with E-state index in [1.54, 1.807) is 0 Å². The number of anilines is 1. The molecule has 5 nitrogen and oxygen atoms in total. The molecule has 1 aliphatic heterocycles. The molecule has 0 bridgehead atoms. The number of carbonyl (C=O) groups excluding carboxylic acids is 2. The smallest absolute Gasteiger partial charge is 0.237 e. The molecule has 2 amide bonds. The van der Waals surface area contributed by atoms with E-state index >= 15 is 0 Å². The molecule has 1 aliphatic carbocycles. The van der Waals surface area contributed by atoms with E-state index in [0.717, 1.165) is 18.5 Å². The van der Waals surface area contributed by atoms with Crippen LogP contribution in [0.2, 0.25) is 0 Å². The monoisotopic (exact) mass is 329 g/mol. The molecule has 1 aromatic carbocycles. The first-order valence-corrected chi connectivity index (χ1v) is 8.99. The molecule has 0 radical (unpaired) electrons. The van der Waals surface area contributed by atoms with E-state index in [4.69, 9.17) is 0 Å². The number of hydrogen-bond acceptors (Lipinski definition) is 3. The zero-order chi connectivity index (χ0) is 17.1. The van der Waals surface area contributed by atoms with Crippen molar-refractivity contribution in [2.45, 2.75) is 70.0 Å². The lowest BCUT2D eigenvalue weighted by Gasteiger charge is -2.40. The minimum Gasteiger partial charge on any atom is -0.350 e. The second-order valence-electron chi connectivity index (χ2n) is 7.25. The summed E-state index contributed by atoms with van der Waals surface area (Å²) in [5.74, 6) is 0.283. The van der Waals surface area contributed by atoms with Crippen molar-refractivity contribution in [2.24, 2.45) is 0 Å². The minimum absolute atomic E-state index is 0.0524. The zero-order valence-corrected chi connectivity index (χ0v) is 14.5. The third-order valence-corrected chi connectivity index (χ3v) is 5.08. The summed E-state index contributed by atoms with van der Waals surface area (Å²) in [6, 6.07) is 7.99. The fourth-order valence-corrected chi connectivity index (χ4v) is 3.62. The molecule has 1 saturated carbocycles. The summed E-state index contributed by atoms with van der Waals surface area (Å²) in [6.07, 6.45) is 4.62. The van der Waals surface area contributed by atoms with Crippen LogP contribution in [0.25, 0.3) is 0 Å². The van der Waals surface area contributed by atoms with Gasteiger partial charge in [-0.2, -0.15) is 0 Å². The molecule has 2 fully saturated rings. The van der Waals surface area contributed by atoms with Crippen LogP contribution in [-0.2, 0) is 9.59 Å². The highest BCUT2D eigenvalue weighted by Gasteiger charge is 2.36. The van der Waals surface area contributed by atoms with Crippen molar-refractivity contribution in [3.8, 4) is 0 Å². The standard InChI is InChI=1S/C19H27N3O2/c1-12(2)13-7-9-14(10-8-13)20-18(23)11-17-19(24)22-16-6-4-3-5-15(16)21-17/h7-10,12,15-17,21H,3-6,11H2,1-2H3,(H,20,23)(H,22,24)/t15-,16-,17-/m0/s1. The van der Waals surface area contributed by atoms with Crippen molar-refractivity contribution >= 4 is 17.5 Å². The minimum atomic E-state index is -0.431. The number of amides is 2. The van der Waals surface area contributed by atoms with Gasteiger partial charge >= 0.3 is 0 Å². The van der Waals surface area contributed by atoms with Gasteiger partial charge < -0.3 is 16.0 Å². The molecule has 24 heavy (non-hydrogen) atoms. The quantitative estimate of drug-likeness (QED) is 0.795. The molecule has 1 saturated heterocycles. The van der Waals surface area contributed by atoms with Gasteiger partial charge in [0.2, 0.25) is 11.8 Å². The summed E-state index contributed by atoms with van der Waals surface area (Å²) in [5.41, 5.74) is 2.01. The lowest BCUT2D eigenvalue weighted by atomic mass is 9.87. The van der Waals surface area contributed by atoms with Crippen molar-refractivity contribution in [2.75, 3.05) is 5.32 Å². The number of fused-ring (bicyclic) bond motifs is 1. The topological polar surface area (TPSA) is 70.2 Å². The maximum atomic E-state index is 12.3. The Balaban J connectivity index is 1.55. The molecule has 1 heterocycles. The van der Waals surface area contributed by atoms with E-state index < -0.39 is 6.04 Å². The number of rotatable bonds is 4. The van der Waals surface area contributed by atoms with Gasteiger partial charge in [0.15, 0.2) is 0 Å². The fraction of sp³-hybridized carbons (Fsp3) is 0.579. The number of carbonyl (C=O) groups is 2. The van der Waals surface area contributed by atoms with Crippen molar-refractivity contribution in [1.82, 2.24) is 10.6 Å². The summed E-state index contributed by atoms with van der Waals surface area (Å²) in [6.45, 7) is 4.28. The van der Waals surface area contributed by atoms with Gasteiger partial charge in [0.05, 0.1) is 12.5 Å². The van der Waals surface area contributed by atoms with Crippen LogP contribution in [0.5, 0.6) is 0 Å². The Kier molecular flexibility index (Phi) is 5.19. The van der Waals surface area contributed by atoms with Crippen LogP contribution < -0.4 is 16.0 Å². The molecule has 0 spiro atoms. The third kappa shape index (κ3) is 3.96. The molecule has 3 N–H and O–H groups in total. The zero-order valence-electron chi connectivity index (χ0n) is 14.5. The van der Waals surface area contributed by atoms with E-state index in [1.165, 1.54) is 18.4 Å². The van der Waals surface area contributed by atoms with Crippen molar-refractivity contribution in [3.05, 3.63) is 29.8 Å². The van der Waals surface area contributed by atoms with Crippen molar-refractivity contribution < 1.29 is 9.59 Å². The summed E-state index contributed by atoms with van der Waals surface area (Å²) in [4.78, 5) is 24.5. The Morgan fingerprint density at radius 3 is 2.50 bits per heavy atom. The van der Waals surface area contributed by atoms with Crippen molar-refractivity contribution in [3.63, 3.8) is 0 Å². The van der Waals surface area contributed by atoms with Gasteiger partial charge in [0.1, 0.15) is 0 Å². The molecule has 1 aromatic rings. The van der Waals surface area contributed by atoms with E-state index in [0.29, 0.717) is 12.0 Å². The number of piperazine rings is 1. The highest BCUT2D eigenvalue weighted by molar-refractivity contribution is 5.95. The van der Waals surface area contributed by atoms with Gasteiger partial charge in [-0.15, -0.1) is 0 Å². The maximum Gasteiger partial charge on any atom is 0.237 e. The van der Waals surface area contributed by atoms with Gasteiger partial charge in [-0.1, -0.05) is 38.8 Å². The van der Waals surface area contributed by atoms with E-state index in [2.05, 4.69) is 29.8 Å². The lowest BCUT2D eigenvalue weighted by Crippen LogP contribution is -2.65. The Labute approximate surface area is 143 Å².